The second kappa shape index (κ2) is 20.1. The van der Waals surface area contributed by atoms with Gasteiger partial charge in [0.15, 0.2) is 0 Å². The monoisotopic (exact) mass is 1260 g/mol. The molecule has 0 saturated heterocycles. The fraction of sp³-hybridized carbons (Fsp3) is 0.221. The average Bonchev–Trinajstić information content (AvgIpc) is 1.84. The van der Waals surface area contributed by atoms with Crippen LogP contribution >= 0.6 is 0 Å². The summed E-state index contributed by atoms with van der Waals surface area (Å²) in [4.78, 5) is 7.20. The number of aromatic nitrogens is 2. The van der Waals surface area contributed by atoms with Crippen LogP contribution in [0.15, 0.2) is 194 Å². The summed E-state index contributed by atoms with van der Waals surface area (Å²) in [5, 5.41) is 6.20. The second-order valence-electron chi connectivity index (χ2n) is 26.7. The Hall–Kier alpha value is -7.98. The summed E-state index contributed by atoms with van der Waals surface area (Å²) in [6.07, 6.45) is 1.94. The van der Waals surface area contributed by atoms with Gasteiger partial charge < -0.3 is 19.5 Å². The molecule has 0 atom stereocenters. The minimum absolute atomic E-state index is 0. The molecule has 2 heterocycles. The van der Waals surface area contributed by atoms with E-state index < -0.39 is 5.41 Å². The van der Waals surface area contributed by atoms with E-state index in [1.807, 2.05) is 24.4 Å². The maximum Gasteiger partial charge on any atom is 0.135 e. The molecule has 2 aliphatic carbocycles. The molecule has 0 amide bonds. The molecule has 0 aliphatic heterocycles. The Bertz CT molecular complexity index is 4270. The van der Waals surface area contributed by atoms with E-state index in [1.165, 1.54) is 72.0 Å². The zero-order chi connectivity index (χ0) is 57.3. The summed E-state index contributed by atoms with van der Waals surface area (Å²) >= 11 is 0. The summed E-state index contributed by atoms with van der Waals surface area (Å²) in [5.74, 6) is 2.01. The van der Waals surface area contributed by atoms with E-state index in [0.717, 1.165) is 56.3 Å². The normalized spacial score (nSPS) is 13.4. The maximum atomic E-state index is 7.11. The smallest absolute Gasteiger partial charge is 0.135 e. The molecule has 83 heavy (non-hydrogen) atoms. The van der Waals surface area contributed by atoms with Crippen molar-refractivity contribution in [3.05, 3.63) is 258 Å². The van der Waals surface area contributed by atoms with Crippen LogP contribution < -0.4 is 15.0 Å². The van der Waals surface area contributed by atoms with Crippen LogP contribution in [-0.4, -0.2) is 9.55 Å². The molecule has 5 nitrogen and oxygen atoms in total. The molecule has 1 spiro atoms. The fourth-order valence-corrected chi connectivity index (χ4v) is 12.8. The van der Waals surface area contributed by atoms with Gasteiger partial charge in [-0.3, -0.25) is 7.05 Å². The van der Waals surface area contributed by atoms with Gasteiger partial charge in [0.2, 0.25) is 0 Å². The molecular formula is C77H71N4OPt-3. The van der Waals surface area contributed by atoms with Gasteiger partial charge in [-0.2, -0.15) is 6.07 Å². The predicted molar refractivity (Wildman–Crippen MR) is 343 cm³/mol. The average molecular weight is 1260 g/mol. The van der Waals surface area contributed by atoms with E-state index in [1.54, 1.807) is 0 Å². The van der Waals surface area contributed by atoms with Gasteiger partial charge in [-0.1, -0.05) is 221 Å². The Kier molecular flexibility index (Phi) is 13.5. The first-order valence-corrected chi connectivity index (χ1v) is 28.9. The standard InChI is InChI=1S/C77H71N4O.Pt/c1-73(2,3)50-37-38-78-69(44-50)81-67-36-24-33-63-70(67)71-64(77(63)61-31-19-17-29-57(61)58-30-18-20-32-62(58)77)46-56(47-68(71)81)82-55-28-23-27-54(45-55)79-65-34-21-22-35-66(65)80(13)72-59(48-25-15-14-16-26-48)42-53(76(10,11)12)43-60(72)49-39-51(74(4,5)6)41-52(40-49)75(7,8)9;/h14-44,46,79H,13H2,1-12H3;/q-3;. The molecule has 9 aromatic carbocycles. The Morgan fingerprint density at radius 1 is 0.482 bits per heavy atom. The molecule has 13 rings (SSSR count). The number of fused-ring (bicyclic) bond motifs is 7. The van der Waals surface area contributed by atoms with E-state index in [4.69, 9.17) is 16.8 Å². The van der Waals surface area contributed by atoms with Crippen LogP contribution in [0.3, 0.4) is 0 Å². The van der Waals surface area contributed by atoms with Crippen molar-refractivity contribution in [2.45, 2.75) is 110 Å². The SMILES string of the molecule is [CH2-]N(c1ccccc1Nc1[c-]c(Oc2[c-]c3c4c(c2)C2(c5ccccc5-c5ccccc52)c2cccc(c24)n3-c2cc(C(C)(C)C)ccn2)ccc1)c1c(-c2ccccc2)cc(C(C)(C)C)cc1-c1cc(C(C)(C)C)cc(C(C)(C)C)c1.[Pt]. The summed E-state index contributed by atoms with van der Waals surface area (Å²) in [6, 6.07) is 76.0. The van der Waals surface area contributed by atoms with E-state index in [0.29, 0.717) is 11.5 Å². The predicted octanol–water partition coefficient (Wildman–Crippen LogP) is 20.4. The van der Waals surface area contributed by atoms with Crippen molar-refractivity contribution < 1.29 is 25.8 Å². The summed E-state index contributed by atoms with van der Waals surface area (Å²) in [5.41, 5.74) is 21.7. The van der Waals surface area contributed by atoms with E-state index in [-0.39, 0.29) is 42.7 Å². The van der Waals surface area contributed by atoms with Crippen molar-refractivity contribution in [3.8, 4) is 50.7 Å². The van der Waals surface area contributed by atoms with Crippen LogP contribution in [-0.2, 0) is 48.1 Å². The maximum absolute atomic E-state index is 7.11. The number of para-hydroxylation sites is 2. The molecule has 2 aromatic heterocycles. The summed E-state index contributed by atoms with van der Waals surface area (Å²) in [7, 11) is 4.97. The van der Waals surface area contributed by atoms with E-state index in [9.17, 15) is 0 Å². The Balaban J connectivity index is 0.00000680. The van der Waals surface area contributed by atoms with Crippen LogP contribution in [0.4, 0.5) is 22.7 Å². The van der Waals surface area contributed by atoms with Crippen LogP contribution in [0.5, 0.6) is 11.5 Å². The zero-order valence-electron chi connectivity index (χ0n) is 49.7. The minimum Gasteiger partial charge on any atom is -0.509 e. The van der Waals surface area contributed by atoms with Gasteiger partial charge in [0.25, 0.3) is 0 Å². The number of nitrogens with zero attached hydrogens (tertiary/aromatic N) is 3. The summed E-state index contributed by atoms with van der Waals surface area (Å²) < 4.78 is 9.40. The minimum atomic E-state index is -0.572. The number of hydrogen-bond donors (Lipinski definition) is 1. The molecule has 0 bridgehead atoms. The third-order valence-electron chi connectivity index (χ3n) is 17.1. The molecule has 0 radical (unpaired) electrons. The first kappa shape index (κ1) is 55.5. The number of ether oxygens (including phenoxy) is 1. The molecule has 0 saturated carbocycles. The van der Waals surface area contributed by atoms with Crippen molar-refractivity contribution >= 4 is 44.6 Å². The van der Waals surface area contributed by atoms with Gasteiger partial charge >= 0.3 is 0 Å². The largest absolute Gasteiger partial charge is 0.509 e. The van der Waals surface area contributed by atoms with E-state index in [2.05, 4.69) is 280 Å². The van der Waals surface area contributed by atoms with Crippen molar-refractivity contribution in [2.24, 2.45) is 0 Å². The molecule has 2 aliphatic rings. The van der Waals surface area contributed by atoms with Gasteiger partial charge in [0.05, 0.1) is 5.69 Å². The first-order valence-electron chi connectivity index (χ1n) is 28.9. The van der Waals surface area contributed by atoms with E-state index >= 15 is 0 Å². The number of hydrogen-bond acceptors (Lipinski definition) is 4. The third-order valence-corrected chi connectivity index (χ3v) is 17.1. The Labute approximate surface area is 505 Å². The van der Waals surface area contributed by atoms with Gasteiger partial charge in [-0.15, -0.1) is 35.9 Å². The molecule has 6 heteroatoms. The topological polar surface area (TPSA) is 42.3 Å². The quantitative estimate of drug-likeness (QED) is 0.146. The number of benzene rings is 9. The number of rotatable bonds is 9. The van der Waals surface area contributed by atoms with Crippen LogP contribution in [0, 0.1) is 19.2 Å². The molecule has 0 unspecified atom stereocenters. The van der Waals surface area contributed by atoms with Gasteiger partial charge in [0, 0.05) is 72.2 Å². The molecule has 11 aromatic rings. The number of anilines is 4. The van der Waals surface area contributed by atoms with Gasteiger partial charge in [0.1, 0.15) is 5.82 Å². The molecule has 1 N–H and O–H groups in total. The number of nitrogens with one attached hydrogen (secondary N) is 1. The molecule has 418 valence electrons. The van der Waals surface area contributed by atoms with Crippen LogP contribution in [0.1, 0.15) is 128 Å². The third kappa shape index (κ3) is 9.31. The Morgan fingerprint density at radius 2 is 1.05 bits per heavy atom. The van der Waals surface area contributed by atoms with Crippen molar-refractivity contribution in [1.29, 1.82) is 0 Å². The zero-order valence-corrected chi connectivity index (χ0v) is 52.0. The van der Waals surface area contributed by atoms with Crippen LogP contribution in [0.25, 0.3) is 61.0 Å². The molecule has 0 fully saturated rings. The number of pyridine rings is 1. The summed E-state index contributed by atoms with van der Waals surface area (Å²) in [6.45, 7) is 27.5. The van der Waals surface area contributed by atoms with Gasteiger partial charge in [-0.05, 0) is 131 Å². The second-order valence-corrected chi connectivity index (χ2v) is 26.7. The van der Waals surface area contributed by atoms with Crippen molar-refractivity contribution in [1.82, 2.24) is 9.55 Å². The molecular weight excluding hydrogens is 1190 g/mol. The fourth-order valence-electron chi connectivity index (χ4n) is 12.8. The Morgan fingerprint density at radius 3 is 1.70 bits per heavy atom. The van der Waals surface area contributed by atoms with Gasteiger partial charge in [-0.25, -0.2) is 4.98 Å². The first-order chi connectivity index (χ1) is 39.1. The van der Waals surface area contributed by atoms with Crippen molar-refractivity contribution in [2.75, 3.05) is 10.2 Å². The van der Waals surface area contributed by atoms with Crippen LogP contribution in [0.2, 0.25) is 0 Å². The van der Waals surface area contributed by atoms with Crippen molar-refractivity contribution in [3.63, 3.8) is 0 Å².